The summed E-state index contributed by atoms with van der Waals surface area (Å²) in [4.78, 5) is 17.7. The van der Waals surface area contributed by atoms with Crippen molar-refractivity contribution in [2.75, 3.05) is 19.7 Å². The lowest BCUT2D eigenvalue weighted by molar-refractivity contribution is -0.0591. The minimum Gasteiger partial charge on any atom is -0.388 e. The lowest BCUT2D eigenvalue weighted by Gasteiger charge is -2.25. The number of carbonyl (C=O) groups excluding carboxylic acids is 1. The van der Waals surface area contributed by atoms with E-state index in [-0.39, 0.29) is 36.6 Å². The molecule has 0 aliphatic carbocycles. The van der Waals surface area contributed by atoms with E-state index < -0.39 is 11.7 Å². The summed E-state index contributed by atoms with van der Waals surface area (Å²) in [5, 5.41) is 16.7. The first-order chi connectivity index (χ1) is 11.6. The molecule has 1 aromatic carbocycles. The predicted molar refractivity (Wildman–Crippen MR) is 80.7 cm³/mol. The molecule has 1 spiro atoms. The Morgan fingerprint density at radius 1 is 1.50 bits per heavy atom. The lowest BCUT2D eigenvalue weighted by Crippen LogP contribution is -2.41. The number of halogens is 1. The van der Waals surface area contributed by atoms with Crippen LogP contribution in [-0.4, -0.2) is 62.5 Å². The number of H-pyrrole nitrogens is 1. The molecule has 8 heteroatoms. The monoisotopic (exact) mass is 332 g/mol. The summed E-state index contributed by atoms with van der Waals surface area (Å²) >= 11 is 0. The topological polar surface area (TPSA) is 91.3 Å². The Bertz CT molecular complexity index is 754. The molecular weight excluding hydrogens is 315 g/mol. The molecule has 0 bridgehead atoms. The molecule has 2 aliphatic rings. The normalized spacial score (nSPS) is 29.5. The van der Waals surface area contributed by atoms with Gasteiger partial charge in [-0.1, -0.05) is 12.1 Å². The van der Waals surface area contributed by atoms with Crippen LogP contribution in [-0.2, 0) is 4.74 Å². The number of hydrogen-bond acceptors (Lipinski definition) is 5. The Balaban J connectivity index is 1.51. The molecule has 2 fully saturated rings. The van der Waals surface area contributed by atoms with Crippen molar-refractivity contribution >= 4 is 5.91 Å². The number of rotatable bonds is 2. The minimum atomic E-state index is -0.813. The Morgan fingerprint density at radius 2 is 2.38 bits per heavy atom. The summed E-state index contributed by atoms with van der Waals surface area (Å²) in [6.07, 6.45) is 1.02. The number of nitrogens with one attached hydrogen (secondary N) is 1. The average molecular weight is 332 g/mol. The first-order valence-electron chi connectivity index (χ1n) is 7.79. The summed E-state index contributed by atoms with van der Waals surface area (Å²) in [6.45, 7) is 0.847. The van der Waals surface area contributed by atoms with Crippen LogP contribution in [0.5, 0.6) is 0 Å². The van der Waals surface area contributed by atoms with Crippen LogP contribution in [0.2, 0.25) is 0 Å². The van der Waals surface area contributed by atoms with Crippen LogP contribution >= 0.6 is 0 Å². The van der Waals surface area contributed by atoms with Crippen molar-refractivity contribution in [2.24, 2.45) is 0 Å². The molecular formula is C16H17FN4O3. The van der Waals surface area contributed by atoms with E-state index in [1.807, 2.05) is 6.07 Å². The van der Waals surface area contributed by atoms with Crippen molar-refractivity contribution < 1.29 is 19.0 Å². The second kappa shape index (κ2) is 5.64. The molecule has 0 radical (unpaired) electrons. The number of aliphatic hydroxyl groups excluding tert-OH is 1. The largest absolute Gasteiger partial charge is 0.388 e. The highest BCUT2D eigenvalue weighted by atomic mass is 19.1. The number of aliphatic hydroxyl groups is 1. The van der Waals surface area contributed by atoms with E-state index in [9.17, 15) is 14.3 Å². The Hall–Kier alpha value is -2.32. The number of aromatic amines is 1. The van der Waals surface area contributed by atoms with Crippen LogP contribution in [0.3, 0.4) is 0 Å². The highest BCUT2D eigenvalue weighted by molar-refractivity contribution is 5.90. The molecule has 0 unspecified atom stereocenters. The molecule has 2 aliphatic heterocycles. The van der Waals surface area contributed by atoms with Crippen LogP contribution in [0.1, 0.15) is 28.5 Å². The van der Waals surface area contributed by atoms with Gasteiger partial charge in [0.25, 0.3) is 5.91 Å². The van der Waals surface area contributed by atoms with Gasteiger partial charge in [0.1, 0.15) is 23.8 Å². The zero-order valence-electron chi connectivity index (χ0n) is 12.9. The number of benzene rings is 1. The molecule has 2 N–H and O–H groups in total. The Morgan fingerprint density at radius 3 is 3.12 bits per heavy atom. The average Bonchev–Trinajstić information content (AvgIpc) is 3.30. The molecule has 24 heavy (non-hydrogen) atoms. The second-order valence-electron chi connectivity index (χ2n) is 6.37. The summed E-state index contributed by atoms with van der Waals surface area (Å²) < 4.78 is 19.3. The summed E-state index contributed by atoms with van der Waals surface area (Å²) in [6, 6.07) is 6.42. The summed E-state index contributed by atoms with van der Waals surface area (Å²) in [7, 11) is 0. The van der Waals surface area contributed by atoms with Crippen molar-refractivity contribution in [1.29, 1.82) is 0 Å². The fourth-order valence-electron chi connectivity index (χ4n) is 3.60. The number of amides is 1. The third kappa shape index (κ3) is 2.47. The maximum atomic E-state index is 13.4. The first-order valence-corrected chi connectivity index (χ1v) is 7.79. The highest BCUT2D eigenvalue weighted by Crippen LogP contribution is 2.42. The first kappa shape index (κ1) is 15.2. The maximum absolute atomic E-state index is 13.4. The number of nitrogens with zero attached hydrogens (tertiary/aromatic N) is 3. The number of carbonyl (C=O) groups is 1. The van der Waals surface area contributed by atoms with E-state index in [2.05, 4.69) is 15.2 Å². The van der Waals surface area contributed by atoms with E-state index in [1.54, 1.807) is 6.07 Å². The molecule has 1 amide bonds. The van der Waals surface area contributed by atoms with E-state index in [4.69, 9.17) is 4.74 Å². The molecule has 3 atom stereocenters. The van der Waals surface area contributed by atoms with Gasteiger partial charge in [0, 0.05) is 5.92 Å². The van der Waals surface area contributed by atoms with Crippen LogP contribution < -0.4 is 0 Å². The van der Waals surface area contributed by atoms with Crippen molar-refractivity contribution in [2.45, 2.75) is 24.0 Å². The van der Waals surface area contributed by atoms with Crippen molar-refractivity contribution in [3.05, 3.63) is 47.8 Å². The molecule has 4 rings (SSSR count). The standard InChI is InChI=1S/C16H17FN4O3/c17-12-3-1-2-10(4-12)11-5-16(24-7-11)8-21(6-13(16)22)15(23)14-18-9-19-20-14/h1-4,9,11,13,22H,5-8H2,(H,18,19,20)/t11-,13-,16-/m1/s1. The summed E-state index contributed by atoms with van der Waals surface area (Å²) in [5.74, 6) is -0.474. The van der Waals surface area contributed by atoms with Crippen LogP contribution in [0.4, 0.5) is 4.39 Å². The third-order valence-corrected chi connectivity index (χ3v) is 4.85. The molecule has 3 heterocycles. The van der Waals surface area contributed by atoms with Gasteiger partial charge in [-0.25, -0.2) is 9.37 Å². The molecule has 1 aromatic heterocycles. The molecule has 2 aromatic rings. The van der Waals surface area contributed by atoms with Crippen molar-refractivity contribution in [3.63, 3.8) is 0 Å². The quantitative estimate of drug-likeness (QED) is 0.845. The van der Waals surface area contributed by atoms with Crippen molar-refractivity contribution in [3.8, 4) is 0 Å². The van der Waals surface area contributed by atoms with Gasteiger partial charge in [-0.15, -0.1) is 0 Å². The van der Waals surface area contributed by atoms with Crippen LogP contribution in [0.15, 0.2) is 30.6 Å². The van der Waals surface area contributed by atoms with Gasteiger partial charge in [0.15, 0.2) is 0 Å². The van der Waals surface area contributed by atoms with Crippen LogP contribution in [0.25, 0.3) is 0 Å². The van der Waals surface area contributed by atoms with Gasteiger partial charge in [0.2, 0.25) is 5.82 Å². The maximum Gasteiger partial charge on any atom is 0.291 e. The minimum absolute atomic E-state index is 0.00400. The number of ether oxygens (including phenoxy) is 1. The van der Waals surface area contributed by atoms with Gasteiger partial charge < -0.3 is 14.7 Å². The molecule has 7 nitrogen and oxygen atoms in total. The second-order valence-corrected chi connectivity index (χ2v) is 6.37. The SMILES string of the molecule is O=C(c1ncn[nH]1)N1C[C@@H](O)[C@@]2(C[C@@H](c3cccc(F)c3)CO2)C1. The summed E-state index contributed by atoms with van der Waals surface area (Å²) in [5.41, 5.74) is 0.0335. The predicted octanol–water partition coefficient (Wildman–Crippen LogP) is 0.703. The van der Waals surface area contributed by atoms with Gasteiger partial charge in [-0.3, -0.25) is 9.89 Å². The third-order valence-electron chi connectivity index (χ3n) is 4.85. The number of likely N-dealkylation sites (tertiary alicyclic amines) is 1. The smallest absolute Gasteiger partial charge is 0.291 e. The fourth-order valence-corrected chi connectivity index (χ4v) is 3.60. The fraction of sp³-hybridized carbons (Fsp3) is 0.438. The highest BCUT2D eigenvalue weighted by Gasteiger charge is 2.53. The molecule has 0 saturated carbocycles. The molecule has 2 saturated heterocycles. The zero-order valence-corrected chi connectivity index (χ0v) is 12.9. The van der Waals surface area contributed by atoms with E-state index >= 15 is 0 Å². The lowest BCUT2D eigenvalue weighted by atomic mass is 9.87. The van der Waals surface area contributed by atoms with Gasteiger partial charge in [0.05, 0.1) is 19.7 Å². The zero-order chi connectivity index (χ0) is 16.7. The van der Waals surface area contributed by atoms with Crippen molar-refractivity contribution in [1.82, 2.24) is 20.1 Å². The van der Waals surface area contributed by atoms with E-state index in [0.717, 1.165) is 5.56 Å². The van der Waals surface area contributed by atoms with E-state index in [0.29, 0.717) is 13.0 Å². The number of aromatic nitrogens is 3. The number of hydrogen-bond donors (Lipinski definition) is 2. The van der Waals surface area contributed by atoms with Gasteiger partial charge in [-0.2, -0.15) is 5.10 Å². The van der Waals surface area contributed by atoms with Crippen LogP contribution in [0, 0.1) is 5.82 Å². The number of β-amino-alcohol motifs (C(OH)–C–C–N with tert-alkyl or cyclic N) is 1. The molecule has 126 valence electrons. The van der Waals surface area contributed by atoms with Gasteiger partial charge in [-0.05, 0) is 24.1 Å². The Kier molecular flexibility index (Phi) is 3.58. The van der Waals surface area contributed by atoms with Gasteiger partial charge >= 0.3 is 0 Å². The van der Waals surface area contributed by atoms with E-state index in [1.165, 1.54) is 23.4 Å². The Labute approximate surface area is 137 Å².